The molecule has 100 valence electrons. The normalized spacial score (nSPS) is 16.3. The van der Waals surface area contributed by atoms with Gasteiger partial charge in [-0.1, -0.05) is 35.9 Å². The van der Waals surface area contributed by atoms with E-state index in [0.717, 1.165) is 0 Å². The Balaban J connectivity index is 2.10. The summed E-state index contributed by atoms with van der Waals surface area (Å²) in [6, 6.07) is 5.39. The molecule has 1 aliphatic rings. The lowest BCUT2D eigenvalue weighted by Gasteiger charge is -2.17. The first-order valence-corrected chi connectivity index (χ1v) is 6.39. The number of rotatable bonds is 4. The van der Waals surface area contributed by atoms with Crippen molar-refractivity contribution < 1.29 is 14.7 Å². The minimum absolute atomic E-state index is 0.158. The van der Waals surface area contributed by atoms with Crippen molar-refractivity contribution in [3.8, 4) is 0 Å². The zero-order chi connectivity index (χ0) is 13.8. The van der Waals surface area contributed by atoms with E-state index in [2.05, 4.69) is 5.32 Å². The molecule has 0 fully saturated rings. The van der Waals surface area contributed by atoms with Gasteiger partial charge in [0.05, 0.1) is 0 Å². The molecule has 0 saturated heterocycles. The molecule has 1 amide bonds. The Morgan fingerprint density at radius 2 is 1.79 bits per heavy atom. The zero-order valence-corrected chi connectivity index (χ0v) is 10.9. The average molecular weight is 280 g/mol. The van der Waals surface area contributed by atoms with Gasteiger partial charge in [0.1, 0.15) is 0 Å². The molecule has 1 aromatic rings. The van der Waals surface area contributed by atoms with E-state index < -0.39 is 12.0 Å². The highest BCUT2D eigenvalue weighted by molar-refractivity contribution is 6.30. The number of carbonyl (C=O) groups excluding carboxylic acids is 1. The lowest BCUT2D eigenvalue weighted by Crippen LogP contribution is -2.37. The average Bonchev–Trinajstić information content (AvgIpc) is 2.90. The number of carboxylic acids is 1. The van der Waals surface area contributed by atoms with Crippen molar-refractivity contribution in [3.63, 3.8) is 0 Å². The maximum Gasteiger partial charge on any atom is 0.330 e. The van der Waals surface area contributed by atoms with Crippen LogP contribution in [0.25, 0.3) is 0 Å². The molecule has 1 atom stereocenters. The molecule has 0 radical (unpaired) electrons. The first-order valence-electron chi connectivity index (χ1n) is 6.01. The van der Waals surface area contributed by atoms with Crippen LogP contribution in [0.1, 0.15) is 24.4 Å². The molecular weight excluding hydrogens is 266 g/mol. The van der Waals surface area contributed by atoms with Crippen LogP contribution >= 0.6 is 11.6 Å². The molecule has 2 N–H and O–H groups in total. The number of hydrogen-bond donors (Lipinski definition) is 2. The van der Waals surface area contributed by atoms with Gasteiger partial charge >= 0.3 is 5.97 Å². The van der Waals surface area contributed by atoms with Crippen LogP contribution in [-0.2, 0) is 9.59 Å². The summed E-state index contributed by atoms with van der Waals surface area (Å²) in [6.45, 7) is 0. The number of carboxylic acid groups (broad SMARTS) is 1. The van der Waals surface area contributed by atoms with Crippen molar-refractivity contribution in [2.24, 2.45) is 5.92 Å². The molecule has 0 saturated carbocycles. The molecule has 0 aliphatic heterocycles. The van der Waals surface area contributed by atoms with Gasteiger partial charge in [-0.05, 0) is 30.5 Å². The van der Waals surface area contributed by atoms with E-state index in [1.807, 2.05) is 12.2 Å². The lowest BCUT2D eigenvalue weighted by atomic mass is 10.0. The number of allylic oxidation sites excluding steroid dienone is 2. The molecule has 0 aromatic heterocycles. The summed E-state index contributed by atoms with van der Waals surface area (Å²) in [5, 5.41) is 12.3. The van der Waals surface area contributed by atoms with E-state index in [9.17, 15) is 14.7 Å². The second-order valence-electron chi connectivity index (χ2n) is 4.47. The van der Waals surface area contributed by atoms with Crippen LogP contribution in [0.3, 0.4) is 0 Å². The van der Waals surface area contributed by atoms with Crippen molar-refractivity contribution in [2.75, 3.05) is 0 Å². The van der Waals surface area contributed by atoms with Gasteiger partial charge in [0.2, 0.25) is 5.91 Å². The van der Waals surface area contributed by atoms with E-state index in [-0.39, 0.29) is 11.8 Å². The summed E-state index contributed by atoms with van der Waals surface area (Å²) in [6.07, 6.45) is 5.20. The van der Waals surface area contributed by atoms with Crippen molar-refractivity contribution in [1.82, 2.24) is 5.32 Å². The Hall–Kier alpha value is -1.81. The zero-order valence-electron chi connectivity index (χ0n) is 10.2. The van der Waals surface area contributed by atoms with Gasteiger partial charge in [0, 0.05) is 10.9 Å². The SMILES string of the molecule is O=C(N[C@@H](C(=O)O)c1ccc(Cl)cc1)C1CC=CC1. The summed E-state index contributed by atoms with van der Waals surface area (Å²) in [5.41, 5.74) is 0.510. The van der Waals surface area contributed by atoms with Gasteiger partial charge in [0.25, 0.3) is 0 Å². The number of aliphatic carboxylic acids is 1. The molecule has 0 spiro atoms. The van der Waals surface area contributed by atoms with Crippen molar-refractivity contribution in [1.29, 1.82) is 0 Å². The van der Waals surface area contributed by atoms with Gasteiger partial charge in [-0.25, -0.2) is 4.79 Å². The maximum absolute atomic E-state index is 12.0. The van der Waals surface area contributed by atoms with Crippen molar-refractivity contribution in [3.05, 3.63) is 47.0 Å². The summed E-state index contributed by atoms with van der Waals surface area (Å²) in [4.78, 5) is 23.2. The predicted octanol–water partition coefficient (Wildman–Crippen LogP) is 2.55. The van der Waals surface area contributed by atoms with Crippen molar-refractivity contribution >= 4 is 23.5 Å². The highest BCUT2D eigenvalue weighted by Gasteiger charge is 2.26. The molecule has 4 nitrogen and oxygen atoms in total. The first-order chi connectivity index (χ1) is 9.08. The van der Waals surface area contributed by atoms with Crippen LogP contribution in [0, 0.1) is 5.92 Å². The number of nitrogens with one attached hydrogen (secondary N) is 1. The van der Waals surface area contributed by atoms with Gasteiger partial charge in [0.15, 0.2) is 6.04 Å². The largest absolute Gasteiger partial charge is 0.479 e. The minimum Gasteiger partial charge on any atom is -0.479 e. The fourth-order valence-corrected chi connectivity index (χ4v) is 2.16. The van der Waals surface area contributed by atoms with Crippen LogP contribution in [0.5, 0.6) is 0 Å². The molecule has 1 aromatic carbocycles. The number of halogens is 1. The third-order valence-electron chi connectivity index (χ3n) is 3.12. The Bertz CT molecular complexity index is 502. The number of benzene rings is 1. The fourth-order valence-electron chi connectivity index (χ4n) is 2.03. The Kier molecular flexibility index (Phi) is 4.22. The summed E-state index contributed by atoms with van der Waals surface area (Å²) in [5.74, 6) is -1.47. The van der Waals surface area contributed by atoms with E-state index in [4.69, 9.17) is 11.6 Å². The Labute approximate surface area is 116 Å². The van der Waals surface area contributed by atoms with E-state index in [1.165, 1.54) is 0 Å². The molecule has 0 unspecified atom stereocenters. The summed E-state index contributed by atoms with van der Waals surface area (Å²) < 4.78 is 0. The van der Waals surface area contributed by atoms with E-state index in [0.29, 0.717) is 23.4 Å². The van der Waals surface area contributed by atoms with Gasteiger partial charge < -0.3 is 10.4 Å². The standard InChI is InChI=1S/C14H14ClNO3/c15-11-7-5-9(6-8-11)12(14(18)19)16-13(17)10-3-1-2-4-10/h1-2,5-8,10,12H,3-4H2,(H,16,17)(H,18,19)/t12-/m1/s1. The predicted molar refractivity (Wildman–Crippen MR) is 71.8 cm³/mol. The van der Waals surface area contributed by atoms with E-state index >= 15 is 0 Å². The second-order valence-corrected chi connectivity index (χ2v) is 4.91. The maximum atomic E-state index is 12.0. The number of hydrogen-bond acceptors (Lipinski definition) is 2. The van der Waals surface area contributed by atoms with Gasteiger partial charge in [-0.3, -0.25) is 4.79 Å². The van der Waals surface area contributed by atoms with Crippen LogP contribution in [0.4, 0.5) is 0 Å². The fraction of sp³-hybridized carbons (Fsp3) is 0.286. The molecule has 0 bridgehead atoms. The topological polar surface area (TPSA) is 66.4 Å². The van der Waals surface area contributed by atoms with Crippen molar-refractivity contribution in [2.45, 2.75) is 18.9 Å². The third-order valence-corrected chi connectivity index (χ3v) is 3.37. The monoisotopic (exact) mass is 279 g/mol. The first kappa shape index (κ1) is 13.6. The highest BCUT2D eigenvalue weighted by atomic mass is 35.5. The minimum atomic E-state index is -1.08. The second kappa shape index (κ2) is 5.89. The van der Waals surface area contributed by atoms with Crippen LogP contribution < -0.4 is 5.32 Å². The molecule has 2 rings (SSSR count). The highest BCUT2D eigenvalue weighted by Crippen LogP contribution is 2.21. The third kappa shape index (κ3) is 3.35. The number of carbonyl (C=O) groups is 2. The summed E-state index contributed by atoms with van der Waals surface area (Å²) >= 11 is 5.76. The Morgan fingerprint density at radius 3 is 2.32 bits per heavy atom. The molecule has 0 heterocycles. The lowest BCUT2D eigenvalue weighted by molar-refractivity contribution is -0.142. The Morgan fingerprint density at radius 1 is 1.21 bits per heavy atom. The molecule has 5 heteroatoms. The molecular formula is C14H14ClNO3. The van der Waals surface area contributed by atoms with Gasteiger partial charge in [-0.15, -0.1) is 0 Å². The quantitative estimate of drug-likeness (QED) is 0.833. The van der Waals surface area contributed by atoms with E-state index in [1.54, 1.807) is 24.3 Å². The van der Waals surface area contributed by atoms with Crippen LogP contribution in [-0.4, -0.2) is 17.0 Å². The number of amides is 1. The van der Waals surface area contributed by atoms with Crippen LogP contribution in [0.15, 0.2) is 36.4 Å². The van der Waals surface area contributed by atoms with Gasteiger partial charge in [-0.2, -0.15) is 0 Å². The molecule has 1 aliphatic carbocycles. The summed E-state index contributed by atoms with van der Waals surface area (Å²) in [7, 11) is 0. The van der Waals surface area contributed by atoms with Crippen LogP contribution in [0.2, 0.25) is 5.02 Å². The smallest absolute Gasteiger partial charge is 0.330 e. The molecule has 19 heavy (non-hydrogen) atoms.